The Balaban J connectivity index is 0.00000423. The van der Waals surface area contributed by atoms with Crippen molar-refractivity contribution in [3.63, 3.8) is 0 Å². The average molecular weight is 666 g/mol. The van der Waals surface area contributed by atoms with Crippen molar-refractivity contribution in [2.24, 2.45) is 10.9 Å². The number of rotatable bonds is 9. The topological polar surface area (TPSA) is 131 Å². The first-order valence-electron chi connectivity index (χ1n) is 13.3. The summed E-state index contributed by atoms with van der Waals surface area (Å²) in [5, 5.41) is 6.56. The van der Waals surface area contributed by atoms with Crippen molar-refractivity contribution < 1.29 is 17.9 Å². The maximum atomic E-state index is 13.8. The lowest BCUT2D eigenvalue weighted by molar-refractivity contribution is -0.124. The lowest BCUT2D eigenvalue weighted by atomic mass is 10.1. The van der Waals surface area contributed by atoms with Crippen LogP contribution in [0.1, 0.15) is 40.9 Å². The van der Waals surface area contributed by atoms with Crippen molar-refractivity contribution in [1.29, 1.82) is 0 Å². The van der Waals surface area contributed by atoms with Crippen LogP contribution in [0.5, 0.6) is 5.75 Å². The Morgan fingerprint density at radius 2 is 1.93 bits per heavy atom. The van der Waals surface area contributed by atoms with Gasteiger partial charge in [-0.2, -0.15) is 9.41 Å². The molecule has 4 aromatic rings. The van der Waals surface area contributed by atoms with E-state index in [2.05, 4.69) is 15.4 Å². The molecular weight excluding hydrogens is 635 g/mol. The van der Waals surface area contributed by atoms with E-state index in [1.54, 1.807) is 6.07 Å². The van der Waals surface area contributed by atoms with Gasteiger partial charge in [0.2, 0.25) is 15.9 Å². The third-order valence-electron chi connectivity index (χ3n) is 7.38. The Kier molecular flexibility index (Phi) is 10.2. The molecule has 0 bridgehead atoms. The van der Waals surface area contributed by atoms with Crippen LogP contribution in [0.4, 0.5) is 0 Å². The van der Waals surface area contributed by atoms with Crippen molar-refractivity contribution in [1.82, 2.24) is 19.0 Å². The van der Waals surface area contributed by atoms with Crippen LogP contribution in [0.25, 0.3) is 5.65 Å². The fourth-order valence-electron chi connectivity index (χ4n) is 4.98. The van der Waals surface area contributed by atoms with E-state index in [1.165, 1.54) is 22.7 Å². The number of carbonyl (C=O) groups is 1. The zero-order chi connectivity index (χ0) is 30.0. The van der Waals surface area contributed by atoms with Gasteiger partial charge in [0.15, 0.2) is 11.4 Å². The molecule has 2 aromatic carbocycles. The van der Waals surface area contributed by atoms with Crippen LogP contribution in [0.15, 0.2) is 64.7 Å². The minimum atomic E-state index is -4.13. The van der Waals surface area contributed by atoms with E-state index >= 15 is 0 Å². The second kappa shape index (κ2) is 13.5. The first kappa shape index (κ1) is 32.6. The van der Waals surface area contributed by atoms with Crippen molar-refractivity contribution >= 4 is 63.4 Å². The highest BCUT2D eigenvalue weighted by molar-refractivity contribution is 7.89. The SMILES string of the molecule is Cc1nc2c(OCc3c(Cl)ccc(S(=O)(=O)N4CCC[C@H]4C(=O)NCc4ccc(C=NN)cc4)c3Cl)cccn2c1C.Cl. The van der Waals surface area contributed by atoms with Gasteiger partial charge in [0, 0.05) is 35.6 Å². The Hall–Kier alpha value is -3.35. The summed E-state index contributed by atoms with van der Waals surface area (Å²) in [5.41, 5.74) is 4.49. The number of aryl methyl sites for hydroxylation is 2. The second-order valence-electron chi connectivity index (χ2n) is 9.99. The van der Waals surface area contributed by atoms with E-state index in [4.69, 9.17) is 33.8 Å². The Bertz CT molecular complexity index is 1780. The third kappa shape index (κ3) is 6.61. The molecule has 3 N–H and O–H groups in total. The Morgan fingerprint density at radius 3 is 2.65 bits per heavy atom. The van der Waals surface area contributed by atoms with Crippen LogP contribution < -0.4 is 15.9 Å². The molecule has 1 amide bonds. The maximum Gasteiger partial charge on any atom is 0.245 e. The molecule has 1 aliphatic heterocycles. The molecule has 2 aromatic heterocycles. The molecule has 0 aliphatic carbocycles. The molecule has 1 fully saturated rings. The maximum absolute atomic E-state index is 13.8. The summed E-state index contributed by atoms with van der Waals surface area (Å²) in [7, 11) is -4.13. The van der Waals surface area contributed by atoms with Crippen molar-refractivity contribution in [3.8, 4) is 5.75 Å². The van der Waals surface area contributed by atoms with E-state index in [-0.39, 0.29) is 53.0 Å². The molecule has 43 heavy (non-hydrogen) atoms. The smallest absolute Gasteiger partial charge is 0.245 e. The quantitative estimate of drug-likeness (QED) is 0.147. The molecule has 1 aliphatic rings. The second-order valence-corrected chi connectivity index (χ2v) is 12.6. The molecule has 1 atom stereocenters. The van der Waals surface area contributed by atoms with Gasteiger partial charge < -0.3 is 20.3 Å². The molecule has 10 nitrogen and oxygen atoms in total. The number of sulfonamides is 1. The van der Waals surface area contributed by atoms with E-state index in [1.807, 2.05) is 54.8 Å². The molecule has 0 unspecified atom stereocenters. The zero-order valence-electron chi connectivity index (χ0n) is 23.5. The number of benzene rings is 2. The summed E-state index contributed by atoms with van der Waals surface area (Å²) in [4.78, 5) is 17.6. The lowest BCUT2D eigenvalue weighted by Crippen LogP contribution is -2.45. The molecule has 228 valence electrons. The number of aromatic nitrogens is 2. The number of nitrogens with two attached hydrogens (primary N) is 1. The summed E-state index contributed by atoms with van der Waals surface area (Å²) in [6, 6.07) is 12.9. The number of halogens is 3. The highest BCUT2D eigenvalue weighted by atomic mass is 35.5. The van der Waals surface area contributed by atoms with Gasteiger partial charge in [-0.05, 0) is 62.1 Å². The van der Waals surface area contributed by atoms with Gasteiger partial charge in [-0.25, -0.2) is 13.4 Å². The van der Waals surface area contributed by atoms with E-state index in [0.29, 0.717) is 29.8 Å². The number of fused-ring (bicyclic) bond motifs is 1. The van der Waals surface area contributed by atoms with E-state index in [0.717, 1.165) is 22.5 Å². The number of hydrazone groups is 1. The predicted molar refractivity (Wildman–Crippen MR) is 170 cm³/mol. The highest BCUT2D eigenvalue weighted by Crippen LogP contribution is 2.36. The fourth-order valence-corrected chi connectivity index (χ4v) is 7.50. The predicted octanol–water partition coefficient (Wildman–Crippen LogP) is 5.02. The summed E-state index contributed by atoms with van der Waals surface area (Å²) in [6.07, 6.45) is 4.34. The van der Waals surface area contributed by atoms with Crippen molar-refractivity contribution in [2.75, 3.05) is 6.54 Å². The van der Waals surface area contributed by atoms with Gasteiger partial charge in [0.25, 0.3) is 0 Å². The van der Waals surface area contributed by atoms with Gasteiger partial charge in [0.05, 0.1) is 16.9 Å². The van der Waals surface area contributed by atoms with Crippen LogP contribution in [0.3, 0.4) is 0 Å². The van der Waals surface area contributed by atoms with E-state index in [9.17, 15) is 13.2 Å². The molecular formula is C29H31Cl3N6O4S. The summed E-state index contributed by atoms with van der Waals surface area (Å²) in [6.45, 7) is 4.24. The highest BCUT2D eigenvalue weighted by Gasteiger charge is 2.40. The largest absolute Gasteiger partial charge is 0.485 e. The molecule has 1 saturated heterocycles. The molecule has 0 radical (unpaired) electrons. The molecule has 5 rings (SSSR count). The Labute approximate surface area is 266 Å². The monoisotopic (exact) mass is 664 g/mol. The number of nitrogens with zero attached hydrogens (tertiary/aromatic N) is 4. The Morgan fingerprint density at radius 1 is 1.19 bits per heavy atom. The van der Waals surface area contributed by atoms with Crippen molar-refractivity contribution in [3.05, 3.63) is 92.9 Å². The first-order valence-corrected chi connectivity index (χ1v) is 15.5. The fraction of sp³-hybridized carbons (Fsp3) is 0.276. The van der Waals surface area contributed by atoms with Crippen LogP contribution in [-0.4, -0.2) is 46.8 Å². The van der Waals surface area contributed by atoms with Gasteiger partial charge in [-0.1, -0.05) is 47.5 Å². The van der Waals surface area contributed by atoms with Crippen molar-refractivity contribution in [2.45, 2.75) is 50.8 Å². The first-order chi connectivity index (χ1) is 20.1. The van der Waals surface area contributed by atoms with E-state index < -0.39 is 16.1 Å². The molecule has 14 heteroatoms. The van der Waals surface area contributed by atoms with Crippen LogP contribution in [0.2, 0.25) is 10.0 Å². The third-order valence-corrected chi connectivity index (χ3v) is 10.2. The minimum Gasteiger partial charge on any atom is -0.485 e. The summed E-state index contributed by atoms with van der Waals surface area (Å²) < 4.78 is 36.8. The molecule has 3 heterocycles. The number of ether oxygens (including phenoxy) is 1. The molecule has 0 spiro atoms. The van der Waals surface area contributed by atoms with Crippen LogP contribution >= 0.6 is 35.6 Å². The van der Waals surface area contributed by atoms with Gasteiger partial charge >= 0.3 is 0 Å². The number of pyridine rings is 1. The van der Waals surface area contributed by atoms with Gasteiger partial charge in [-0.15, -0.1) is 12.4 Å². The number of nitrogens with one attached hydrogen (secondary N) is 1. The summed E-state index contributed by atoms with van der Waals surface area (Å²) in [5.74, 6) is 5.31. The van der Waals surface area contributed by atoms with Crippen LogP contribution in [-0.2, 0) is 28.0 Å². The standard InChI is InChI=1S/C29H30Cl2N6O4S.ClH/c1-18-19(2)36-13-4-6-25(28(36)35-18)41-17-22-23(30)11-12-26(27(22)31)42(39,40)37-14-3-5-24(37)29(38)33-15-20-7-9-21(10-8-20)16-34-32;/h4,6-13,16,24H,3,5,14-15,17,32H2,1-2H3,(H,33,38);1H/t24-;/m0./s1. The number of hydrogen-bond acceptors (Lipinski definition) is 7. The normalized spacial score (nSPS) is 15.6. The number of imidazole rings is 1. The van der Waals surface area contributed by atoms with Gasteiger partial charge in [0.1, 0.15) is 17.5 Å². The average Bonchev–Trinajstić information content (AvgIpc) is 3.58. The minimum absolute atomic E-state index is 0. The number of carbonyl (C=O) groups excluding carboxylic acids is 1. The number of hydrogen-bond donors (Lipinski definition) is 2. The van der Waals surface area contributed by atoms with Gasteiger partial charge in [-0.3, -0.25) is 4.79 Å². The summed E-state index contributed by atoms with van der Waals surface area (Å²) >= 11 is 13.1. The lowest BCUT2D eigenvalue weighted by Gasteiger charge is -2.24. The molecule has 0 saturated carbocycles. The zero-order valence-corrected chi connectivity index (χ0v) is 26.6. The number of amides is 1. The van der Waals surface area contributed by atoms with Crippen LogP contribution in [0, 0.1) is 13.8 Å².